The van der Waals surface area contributed by atoms with Gasteiger partial charge in [-0.15, -0.1) is 24.0 Å². The van der Waals surface area contributed by atoms with Crippen LogP contribution in [0.3, 0.4) is 0 Å². The molecule has 1 saturated carbocycles. The van der Waals surface area contributed by atoms with Gasteiger partial charge in [-0.05, 0) is 50.5 Å². The van der Waals surface area contributed by atoms with Gasteiger partial charge in [0.25, 0.3) is 0 Å². The molecule has 1 saturated heterocycles. The average molecular weight is 559 g/mol. The van der Waals surface area contributed by atoms with E-state index in [1.165, 1.54) is 19.3 Å². The summed E-state index contributed by atoms with van der Waals surface area (Å²) in [5.74, 6) is 3.10. The smallest absolute Gasteiger partial charge is 0.225 e. The maximum absolute atomic E-state index is 12.8. The van der Waals surface area contributed by atoms with Crippen LogP contribution in [0.15, 0.2) is 29.3 Å². The quantitative estimate of drug-likeness (QED) is 0.209. The largest absolute Gasteiger partial charge is 0.497 e. The van der Waals surface area contributed by atoms with Crippen LogP contribution in [0.25, 0.3) is 0 Å². The van der Waals surface area contributed by atoms with Gasteiger partial charge in [-0.2, -0.15) is 0 Å². The fourth-order valence-corrected chi connectivity index (χ4v) is 4.32. The van der Waals surface area contributed by atoms with Crippen molar-refractivity contribution in [3.05, 3.63) is 24.3 Å². The summed E-state index contributed by atoms with van der Waals surface area (Å²) in [6, 6.07) is 7.87. The van der Waals surface area contributed by atoms with Crippen molar-refractivity contribution in [2.24, 2.45) is 10.9 Å². The molecule has 32 heavy (non-hydrogen) atoms. The van der Waals surface area contributed by atoms with Crippen molar-refractivity contribution in [2.75, 3.05) is 39.9 Å². The SMILES string of the molecule is CCNC(=NCCCOc1ccc(OC)cc1)NC1CCN(C(=O)C2CCCCC2)C1.I. The molecule has 1 atom stereocenters. The van der Waals surface area contributed by atoms with Gasteiger partial charge in [0.15, 0.2) is 5.96 Å². The zero-order valence-corrected chi connectivity index (χ0v) is 21.8. The average Bonchev–Trinajstić information content (AvgIpc) is 3.28. The standard InChI is InChI=1S/C24H38N4O3.HI/c1-3-25-24(26-15-7-17-31-22-12-10-21(30-2)11-13-22)27-20-14-16-28(18-20)23(29)19-8-5-4-6-9-19;/h10-13,19-20H,3-9,14-18H2,1-2H3,(H2,25,26,27);1H. The molecule has 1 aromatic rings. The number of carbonyl (C=O) groups is 1. The fourth-order valence-electron chi connectivity index (χ4n) is 4.32. The number of carbonyl (C=O) groups excluding carboxylic acids is 1. The van der Waals surface area contributed by atoms with Crippen molar-refractivity contribution in [3.8, 4) is 11.5 Å². The number of benzene rings is 1. The summed E-state index contributed by atoms with van der Waals surface area (Å²) in [6.45, 7) is 5.80. The van der Waals surface area contributed by atoms with Crippen LogP contribution in [0.2, 0.25) is 0 Å². The molecule has 2 fully saturated rings. The van der Waals surface area contributed by atoms with Gasteiger partial charge in [-0.3, -0.25) is 9.79 Å². The fraction of sp³-hybridized carbons (Fsp3) is 0.667. The minimum atomic E-state index is 0. The van der Waals surface area contributed by atoms with E-state index in [2.05, 4.69) is 27.4 Å². The second-order valence-electron chi connectivity index (χ2n) is 8.39. The van der Waals surface area contributed by atoms with Gasteiger partial charge in [0, 0.05) is 44.6 Å². The molecule has 7 nitrogen and oxygen atoms in total. The Morgan fingerprint density at radius 2 is 1.84 bits per heavy atom. The Kier molecular flexibility index (Phi) is 12.0. The first-order chi connectivity index (χ1) is 15.2. The van der Waals surface area contributed by atoms with Gasteiger partial charge in [-0.25, -0.2) is 0 Å². The van der Waals surface area contributed by atoms with E-state index in [4.69, 9.17) is 9.47 Å². The van der Waals surface area contributed by atoms with Gasteiger partial charge in [0.1, 0.15) is 11.5 Å². The van der Waals surface area contributed by atoms with E-state index in [0.29, 0.717) is 19.1 Å². The van der Waals surface area contributed by atoms with E-state index in [1.807, 2.05) is 24.3 Å². The number of rotatable bonds is 9. The number of amides is 1. The maximum atomic E-state index is 12.8. The highest BCUT2D eigenvalue weighted by Crippen LogP contribution is 2.26. The predicted molar refractivity (Wildman–Crippen MR) is 139 cm³/mol. The van der Waals surface area contributed by atoms with Crippen molar-refractivity contribution in [1.29, 1.82) is 0 Å². The lowest BCUT2D eigenvalue weighted by molar-refractivity contribution is -0.135. The maximum Gasteiger partial charge on any atom is 0.225 e. The number of likely N-dealkylation sites (tertiary alicyclic amines) is 1. The molecule has 180 valence electrons. The second kappa shape index (κ2) is 14.4. The minimum Gasteiger partial charge on any atom is -0.497 e. The molecule has 2 N–H and O–H groups in total. The van der Waals surface area contributed by atoms with Gasteiger partial charge in [0.05, 0.1) is 13.7 Å². The van der Waals surface area contributed by atoms with E-state index in [9.17, 15) is 4.79 Å². The number of methoxy groups -OCH3 is 1. The van der Waals surface area contributed by atoms with Gasteiger partial charge < -0.3 is 25.0 Å². The van der Waals surface area contributed by atoms with Crippen LogP contribution in [0.4, 0.5) is 0 Å². The minimum absolute atomic E-state index is 0. The van der Waals surface area contributed by atoms with Crippen LogP contribution in [0.1, 0.15) is 51.9 Å². The van der Waals surface area contributed by atoms with Crippen molar-refractivity contribution >= 4 is 35.8 Å². The molecule has 8 heteroatoms. The molecule has 1 aliphatic heterocycles. The summed E-state index contributed by atoms with van der Waals surface area (Å²) in [5, 5.41) is 6.84. The van der Waals surface area contributed by atoms with Crippen molar-refractivity contribution in [1.82, 2.24) is 15.5 Å². The summed E-state index contributed by atoms with van der Waals surface area (Å²) < 4.78 is 10.9. The zero-order chi connectivity index (χ0) is 21.9. The monoisotopic (exact) mass is 558 g/mol. The topological polar surface area (TPSA) is 75.2 Å². The molecule has 0 radical (unpaired) electrons. The lowest BCUT2D eigenvalue weighted by atomic mass is 9.88. The van der Waals surface area contributed by atoms with E-state index in [0.717, 1.165) is 62.8 Å². The van der Waals surface area contributed by atoms with E-state index in [1.54, 1.807) is 7.11 Å². The van der Waals surface area contributed by atoms with Gasteiger partial charge in [-0.1, -0.05) is 19.3 Å². The van der Waals surface area contributed by atoms with E-state index >= 15 is 0 Å². The number of nitrogens with one attached hydrogen (secondary N) is 2. The summed E-state index contributed by atoms with van der Waals surface area (Å²) >= 11 is 0. The second-order valence-corrected chi connectivity index (χ2v) is 8.39. The number of hydrogen-bond acceptors (Lipinski definition) is 4. The summed E-state index contributed by atoms with van der Waals surface area (Å²) in [6.07, 6.45) is 7.62. The van der Waals surface area contributed by atoms with Gasteiger partial charge >= 0.3 is 0 Å². The molecule has 1 heterocycles. The molecule has 3 rings (SSSR count). The van der Waals surface area contributed by atoms with Crippen LogP contribution in [-0.2, 0) is 4.79 Å². The lowest BCUT2D eigenvalue weighted by Gasteiger charge is -2.26. The Morgan fingerprint density at radius 3 is 2.53 bits per heavy atom. The van der Waals surface area contributed by atoms with Crippen molar-refractivity contribution < 1.29 is 14.3 Å². The van der Waals surface area contributed by atoms with Crippen LogP contribution in [0, 0.1) is 5.92 Å². The van der Waals surface area contributed by atoms with Crippen LogP contribution >= 0.6 is 24.0 Å². The third-order valence-electron chi connectivity index (χ3n) is 6.04. The highest BCUT2D eigenvalue weighted by atomic mass is 127. The molecule has 0 bridgehead atoms. The molecule has 1 unspecified atom stereocenters. The first-order valence-electron chi connectivity index (χ1n) is 11.8. The normalized spacial score (nSPS) is 19.2. The van der Waals surface area contributed by atoms with Crippen LogP contribution in [0.5, 0.6) is 11.5 Å². The Balaban J connectivity index is 0.00000363. The molecule has 2 aliphatic rings. The van der Waals surface area contributed by atoms with E-state index in [-0.39, 0.29) is 35.9 Å². The number of ether oxygens (including phenoxy) is 2. The van der Waals surface area contributed by atoms with Crippen molar-refractivity contribution in [2.45, 2.75) is 57.9 Å². The Labute approximate surface area is 209 Å². The van der Waals surface area contributed by atoms with Crippen molar-refractivity contribution in [3.63, 3.8) is 0 Å². The molecule has 0 aromatic heterocycles. The first kappa shape index (κ1) is 26.5. The molecular formula is C24H39IN4O3. The third-order valence-corrected chi connectivity index (χ3v) is 6.04. The number of nitrogens with zero attached hydrogens (tertiary/aromatic N) is 2. The Bertz CT molecular complexity index is 708. The van der Waals surface area contributed by atoms with Gasteiger partial charge in [0.2, 0.25) is 5.91 Å². The zero-order valence-electron chi connectivity index (χ0n) is 19.5. The molecule has 1 aromatic carbocycles. The summed E-state index contributed by atoms with van der Waals surface area (Å²) in [5.41, 5.74) is 0. The molecule has 1 amide bonds. The lowest BCUT2D eigenvalue weighted by Crippen LogP contribution is -2.45. The Hall–Kier alpha value is -1.71. The van der Waals surface area contributed by atoms with E-state index < -0.39 is 0 Å². The first-order valence-corrected chi connectivity index (χ1v) is 11.8. The molecule has 0 spiro atoms. The highest BCUT2D eigenvalue weighted by molar-refractivity contribution is 14.0. The highest BCUT2D eigenvalue weighted by Gasteiger charge is 2.31. The number of aliphatic imine (C=N–C) groups is 1. The number of guanidine groups is 1. The predicted octanol–water partition coefficient (Wildman–Crippen LogP) is 3.82. The number of halogens is 1. The summed E-state index contributed by atoms with van der Waals surface area (Å²) in [7, 11) is 1.65. The molecule has 1 aliphatic carbocycles. The number of hydrogen-bond donors (Lipinski definition) is 2. The van der Waals surface area contributed by atoms with Crippen LogP contribution < -0.4 is 20.1 Å². The summed E-state index contributed by atoms with van der Waals surface area (Å²) in [4.78, 5) is 19.5. The molecular weight excluding hydrogens is 519 g/mol. The van der Waals surface area contributed by atoms with Crippen LogP contribution in [-0.4, -0.2) is 62.7 Å². The third kappa shape index (κ3) is 8.33. The Morgan fingerprint density at radius 1 is 1.12 bits per heavy atom.